The number of rotatable bonds is 3. The molecule has 0 aromatic heterocycles. The molecule has 23 heavy (non-hydrogen) atoms. The fourth-order valence-electron chi connectivity index (χ4n) is 2.65. The summed E-state index contributed by atoms with van der Waals surface area (Å²) >= 11 is 6.82. The van der Waals surface area contributed by atoms with Gasteiger partial charge in [0.05, 0.1) is 10.7 Å². The molecular weight excluding hydrogens is 328 g/mol. The molecule has 1 saturated heterocycles. The van der Waals surface area contributed by atoms with Crippen molar-refractivity contribution < 1.29 is 9.53 Å². The monoisotopic (exact) mass is 346 g/mol. The van der Waals surface area contributed by atoms with E-state index in [2.05, 4.69) is 24.0 Å². The van der Waals surface area contributed by atoms with Crippen molar-refractivity contribution in [1.29, 1.82) is 0 Å². The Morgan fingerprint density at radius 1 is 1.26 bits per heavy atom. The summed E-state index contributed by atoms with van der Waals surface area (Å²) in [6, 6.07) is 8.30. The third-order valence-corrected chi connectivity index (χ3v) is 5.23. The van der Waals surface area contributed by atoms with Gasteiger partial charge in [0.25, 0.3) is 11.1 Å². The number of nitrogens with zero attached hydrogens (tertiary/aromatic N) is 2. The van der Waals surface area contributed by atoms with Crippen LogP contribution in [0, 0.1) is 0 Å². The number of amides is 1. The van der Waals surface area contributed by atoms with E-state index in [1.807, 2.05) is 32.1 Å². The van der Waals surface area contributed by atoms with Crippen molar-refractivity contribution in [3.05, 3.63) is 46.7 Å². The van der Waals surface area contributed by atoms with Crippen molar-refractivity contribution in [2.75, 3.05) is 18.0 Å². The van der Waals surface area contributed by atoms with Gasteiger partial charge in [-0.15, -0.1) is 0 Å². The summed E-state index contributed by atoms with van der Waals surface area (Å²) in [5, 5.41) is 1.33. The lowest BCUT2D eigenvalue weighted by Gasteiger charge is -2.18. The number of hydrogen-bond acceptors (Lipinski definition) is 5. The molecule has 2 aliphatic rings. The van der Waals surface area contributed by atoms with Crippen LogP contribution in [0.1, 0.15) is 20.8 Å². The van der Waals surface area contributed by atoms with E-state index < -0.39 is 0 Å². The SMILES string of the molecule is CCN1C(=O)/C(=C(C)/C=C2\Sc3ccccc3N2CC)OC1=S. The summed E-state index contributed by atoms with van der Waals surface area (Å²) in [6.45, 7) is 7.27. The highest BCUT2D eigenvalue weighted by atomic mass is 32.2. The number of allylic oxidation sites excluding steroid dienone is 2. The second-order valence-corrected chi connectivity index (χ2v) is 6.64. The maximum atomic E-state index is 12.3. The number of carbonyl (C=O) groups is 1. The summed E-state index contributed by atoms with van der Waals surface area (Å²) in [6.07, 6.45) is 2.00. The summed E-state index contributed by atoms with van der Waals surface area (Å²) in [7, 11) is 0. The first kappa shape index (κ1) is 16.1. The summed E-state index contributed by atoms with van der Waals surface area (Å²) < 4.78 is 5.51. The van der Waals surface area contributed by atoms with E-state index >= 15 is 0 Å². The molecule has 0 N–H and O–H groups in total. The minimum absolute atomic E-state index is 0.157. The van der Waals surface area contributed by atoms with Crippen LogP contribution >= 0.6 is 24.0 Å². The zero-order valence-corrected chi connectivity index (χ0v) is 15.0. The van der Waals surface area contributed by atoms with Crippen LogP contribution in [-0.4, -0.2) is 29.1 Å². The first-order chi connectivity index (χ1) is 11.1. The van der Waals surface area contributed by atoms with E-state index in [1.165, 1.54) is 15.5 Å². The second-order valence-electron chi connectivity index (χ2n) is 5.23. The van der Waals surface area contributed by atoms with Crippen LogP contribution in [0.15, 0.2) is 51.6 Å². The van der Waals surface area contributed by atoms with Crippen molar-refractivity contribution in [2.45, 2.75) is 25.7 Å². The molecule has 4 nitrogen and oxygen atoms in total. The third kappa shape index (κ3) is 2.77. The Labute approximate surface area is 145 Å². The van der Waals surface area contributed by atoms with Crippen molar-refractivity contribution in [2.24, 2.45) is 0 Å². The largest absolute Gasteiger partial charge is 0.425 e. The number of hydrogen-bond donors (Lipinski definition) is 0. The Hall–Kier alpha value is -1.79. The quantitative estimate of drug-likeness (QED) is 0.612. The lowest BCUT2D eigenvalue weighted by atomic mass is 10.2. The highest BCUT2D eigenvalue weighted by molar-refractivity contribution is 8.03. The normalized spacial score (nSPS) is 21.1. The molecule has 0 unspecified atom stereocenters. The zero-order valence-electron chi connectivity index (χ0n) is 13.3. The number of benzene rings is 1. The molecule has 0 radical (unpaired) electrons. The maximum absolute atomic E-state index is 12.3. The lowest BCUT2D eigenvalue weighted by molar-refractivity contribution is -0.122. The van der Waals surface area contributed by atoms with Gasteiger partial charge in [0.15, 0.2) is 5.76 Å². The molecular formula is C17H18N2O2S2. The van der Waals surface area contributed by atoms with Gasteiger partial charge >= 0.3 is 0 Å². The average Bonchev–Trinajstić information content (AvgIpc) is 3.03. The van der Waals surface area contributed by atoms with E-state index in [-0.39, 0.29) is 11.1 Å². The highest BCUT2D eigenvalue weighted by Gasteiger charge is 2.34. The molecule has 2 heterocycles. The molecule has 0 aliphatic carbocycles. The molecule has 0 spiro atoms. The predicted molar refractivity (Wildman–Crippen MR) is 97.2 cm³/mol. The Morgan fingerprint density at radius 2 is 1.96 bits per heavy atom. The molecule has 1 amide bonds. The number of ether oxygens (including phenoxy) is 1. The van der Waals surface area contributed by atoms with Crippen molar-refractivity contribution in [3.8, 4) is 0 Å². The van der Waals surface area contributed by atoms with Gasteiger partial charge in [-0.1, -0.05) is 23.9 Å². The molecule has 0 saturated carbocycles. The van der Waals surface area contributed by atoms with Gasteiger partial charge in [-0.3, -0.25) is 9.69 Å². The average molecular weight is 346 g/mol. The van der Waals surface area contributed by atoms with Gasteiger partial charge in [0.1, 0.15) is 0 Å². The van der Waals surface area contributed by atoms with Gasteiger partial charge in [0.2, 0.25) is 0 Å². The van der Waals surface area contributed by atoms with E-state index in [0.29, 0.717) is 12.3 Å². The zero-order chi connectivity index (χ0) is 16.6. The Balaban J connectivity index is 1.95. The fourth-order valence-corrected chi connectivity index (χ4v) is 4.17. The van der Waals surface area contributed by atoms with Crippen LogP contribution in [0.25, 0.3) is 0 Å². The van der Waals surface area contributed by atoms with E-state index in [1.54, 1.807) is 11.8 Å². The molecule has 1 fully saturated rings. The number of fused-ring (bicyclic) bond motifs is 1. The Kier molecular flexibility index (Phi) is 4.46. The standard InChI is InChI=1S/C17H18N2O2S2/c1-4-18-12-8-6-7-9-13(12)23-14(18)10-11(3)15-16(20)19(5-2)17(22)21-15/h6-10H,4-5H2,1-3H3/b14-10-,15-11-. The van der Waals surface area contributed by atoms with Crippen molar-refractivity contribution in [1.82, 2.24) is 4.90 Å². The van der Waals surface area contributed by atoms with Crippen LogP contribution in [0.5, 0.6) is 0 Å². The van der Waals surface area contributed by atoms with Gasteiger partial charge in [-0.05, 0) is 51.2 Å². The van der Waals surface area contributed by atoms with Gasteiger partial charge in [0, 0.05) is 23.6 Å². The number of thioether (sulfide) groups is 1. The van der Waals surface area contributed by atoms with Crippen LogP contribution in [0.4, 0.5) is 5.69 Å². The van der Waals surface area contributed by atoms with Crippen LogP contribution in [0.2, 0.25) is 0 Å². The third-order valence-electron chi connectivity index (χ3n) is 3.82. The molecule has 0 bridgehead atoms. The van der Waals surface area contributed by atoms with Crippen molar-refractivity contribution >= 4 is 40.7 Å². The summed E-state index contributed by atoms with van der Waals surface area (Å²) in [5.41, 5.74) is 2.00. The number of anilines is 1. The first-order valence-corrected chi connectivity index (χ1v) is 8.80. The molecule has 2 aliphatic heterocycles. The Bertz CT molecular complexity index is 740. The molecule has 1 aromatic carbocycles. The molecule has 0 atom stereocenters. The first-order valence-electron chi connectivity index (χ1n) is 7.57. The smallest absolute Gasteiger partial charge is 0.297 e. The number of likely N-dealkylation sites (N-methyl/N-ethyl adjacent to an activating group) is 1. The van der Waals surface area contributed by atoms with Gasteiger partial charge in [-0.25, -0.2) is 0 Å². The Morgan fingerprint density at radius 3 is 2.61 bits per heavy atom. The fraction of sp³-hybridized carbons (Fsp3) is 0.294. The number of carbonyl (C=O) groups excluding carboxylic acids is 1. The summed E-state index contributed by atoms with van der Waals surface area (Å²) in [5.74, 6) is 0.173. The van der Waals surface area contributed by atoms with Crippen molar-refractivity contribution in [3.63, 3.8) is 0 Å². The van der Waals surface area contributed by atoms with Crippen LogP contribution in [0.3, 0.4) is 0 Å². The van der Waals surface area contributed by atoms with E-state index in [9.17, 15) is 4.79 Å². The maximum Gasteiger partial charge on any atom is 0.297 e. The lowest BCUT2D eigenvalue weighted by Crippen LogP contribution is -2.28. The molecule has 3 rings (SSSR count). The van der Waals surface area contributed by atoms with Crippen LogP contribution < -0.4 is 4.90 Å². The molecule has 1 aromatic rings. The predicted octanol–water partition coefficient (Wildman–Crippen LogP) is 3.90. The highest BCUT2D eigenvalue weighted by Crippen LogP contribution is 2.46. The summed E-state index contributed by atoms with van der Waals surface area (Å²) in [4.78, 5) is 17.3. The topological polar surface area (TPSA) is 32.8 Å². The molecule has 6 heteroatoms. The molecule has 120 valence electrons. The minimum Gasteiger partial charge on any atom is -0.425 e. The van der Waals surface area contributed by atoms with E-state index in [4.69, 9.17) is 17.0 Å². The number of para-hydroxylation sites is 1. The van der Waals surface area contributed by atoms with Gasteiger partial charge < -0.3 is 9.64 Å². The second kappa shape index (κ2) is 6.37. The minimum atomic E-state index is -0.157. The van der Waals surface area contributed by atoms with E-state index in [0.717, 1.165) is 17.1 Å². The van der Waals surface area contributed by atoms with Gasteiger partial charge in [-0.2, -0.15) is 0 Å². The number of thiocarbonyl (C=S) groups is 1. The van der Waals surface area contributed by atoms with Crippen LogP contribution in [-0.2, 0) is 9.53 Å².